The Kier molecular flexibility index (Phi) is 7.49. The summed E-state index contributed by atoms with van der Waals surface area (Å²) in [5.41, 5.74) is 6.44. The minimum absolute atomic E-state index is 0.490. The molecule has 6 N–H and O–H groups in total. The number of likely N-dealkylation sites (N-methyl/N-ethyl adjacent to an activating group) is 1. The van der Waals surface area contributed by atoms with Gasteiger partial charge < -0.3 is 21.0 Å². The van der Waals surface area contributed by atoms with Gasteiger partial charge >= 0.3 is 0 Å². The van der Waals surface area contributed by atoms with Crippen molar-refractivity contribution in [3.8, 4) is 17.2 Å². The van der Waals surface area contributed by atoms with Crippen LogP contribution in [-0.2, 0) is 6.54 Å². The molecule has 4 rings (SSSR count). The summed E-state index contributed by atoms with van der Waals surface area (Å²) in [5.74, 6) is 12.6. The molecule has 1 aliphatic heterocycles. The van der Waals surface area contributed by atoms with Gasteiger partial charge in [-0.15, -0.1) is 0 Å². The van der Waals surface area contributed by atoms with E-state index >= 15 is 0 Å². The molecule has 2 heterocycles. The summed E-state index contributed by atoms with van der Waals surface area (Å²) in [6.45, 7) is 6.34. The summed E-state index contributed by atoms with van der Waals surface area (Å²) < 4.78 is 2.10. The first kappa shape index (κ1) is 22.9. The smallest absolute Gasteiger partial charge is 0.190 e. The molecule has 0 aliphatic carbocycles. The summed E-state index contributed by atoms with van der Waals surface area (Å²) in [6.07, 6.45) is 2.06. The summed E-state index contributed by atoms with van der Waals surface area (Å²) in [7, 11) is 1.93. The zero-order chi connectivity index (χ0) is 23.1. The van der Waals surface area contributed by atoms with E-state index in [0.717, 1.165) is 46.8 Å². The van der Waals surface area contributed by atoms with Crippen LogP contribution in [0.25, 0.3) is 11.1 Å². The van der Waals surface area contributed by atoms with Gasteiger partial charge in [0.1, 0.15) is 0 Å². The maximum atomic E-state index is 9.03. The molecule has 0 amide bonds. The molecule has 8 nitrogen and oxygen atoms in total. The van der Waals surface area contributed by atoms with Crippen LogP contribution in [0.4, 0.5) is 11.4 Å². The molecule has 0 fully saturated rings. The highest BCUT2D eigenvalue weighted by Crippen LogP contribution is 2.31. The highest BCUT2D eigenvalue weighted by atomic mass is 15.5. The minimum atomic E-state index is 0.490. The lowest BCUT2D eigenvalue weighted by molar-refractivity contribution is 0.803. The predicted octanol–water partition coefficient (Wildman–Crippen LogP) is 3.05. The predicted molar refractivity (Wildman–Crippen MR) is 131 cm³/mol. The van der Waals surface area contributed by atoms with Crippen molar-refractivity contribution in [1.29, 1.82) is 5.26 Å². The van der Waals surface area contributed by atoms with Crippen LogP contribution in [0.15, 0.2) is 59.8 Å². The number of benzene rings is 2. The topological polar surface area (TPSA) is 120 Å². The van der Waals surface area contributed by atoms with Crippen LogP contribution in [-0.4, -0.2) is 30.5 Å². The standard InChI is InChI=1S/C22H24N8.C2H6/c1-26-8-9-27-19-6-7-20-18(10-19)14-29-13-17(11-21(29)22(28-24)30(20)25)16-4-2-15(12-23)3-5-16;1-2/h2-7,10-11,13,26-27H,8-9,14,24-25H2,1H3;1-2H3/b28-22-;. The van der Waals surface area contributed by atoms with E-state index < -0.39 is 0 Å². The van der Waals surface area contributed by atoms with E-state index in [1.807, 2.05) is 63.4 Å². The number of aromatic nitrogens is 1. The van der Waals surface area contributed by atoms with Crippen molar-refractivity contribution in [2.45, 2.75) is 20.4 Å². The first-order valence-electron chi connectivity index (χ1n) is 10.7. The lowest BCUT2D eigenvalue weighted by atomic mass is 10.1. The number of anilines is 2. The van der Waals surface area contributed by atoms with E-state index in [9.17, 15) is 0 Å². The Hall–Kier alpha value is -3.80. The number of nitrogens with zero attached hydrogens (tertiary/aromatic N) is 4. The molecule has 2 aromatic carbocycles. The highest BCUT2D eigenvalue weighted by Gasteiger charge is 2.25. The molecule has 0 radical (unpaired) electrons. The average molecular weight is 431 g/mol. The Morgan fingerprint density at radius 2 is 1.81 bits per heavy atom. The second kappa shape index (κ2) is 10.5. The molecule has 1 aliphatic rings. The summed E-state index contributed by atoms with van der Waals surface area (Å²) in [6, 6.07) is 17.7. The van der Waals surface area contributed by atoms with Crippen LogP contribution in [0.3, 0.4) is 0 Å². The molecule has 0 bridgehead atoms. The molecule has 166 valence electrons. The van der Waals surface area contributed by atoms with Crippen molar-refractivity contribution in [2.24, 2.45) is 16.8 Å². The third kappa shape index (κ3) is 4.59. The van der Waals surface area contributed by atoms with Gasteiger partial charge in [-0.05, 0) is 54.6 Å². The fraction of sp³-hybridized carbons (Fsp3) is 0.250. The number of hydrogen-bond acceptors (Lipinski definition) is 6. The Bertz CT molecular complexity index is 1120. The molecule has 1 aromatic heterocycles. The van der Waals surface area contributed by atoms with Gasteiger partial charge in [-0.2, -0.15) is 10.4 Å². The molecule has 0 spiro atoms. The Labute approximate surface area is 189 Å². The summed E-state index contributed by atoms with van der Waals surface area (Å²) in [5, 5.41) is 21.1. The van der Waals surface area contributed by atoms with Crippen LogP contribution in [0.1, 0.15) is 30.7 Å². The largest absolute Gasteiger partial charge is 0.384 e. The van der Waals surface area contributed by atoms with Gasteiger partial charge in [0.25, 0.3) is 0 Å². The molecule has 3 aromatic rings. The van der Waals surface area contributed by atoms with Crippen molar-refractivity contribution >= 4 is 17.2 Å². The van der Waals surface area contributed by atoms with Gasteiger partial charge in [-0.1, -0.05) is 26.0 Å². The lowest BCUT2D eigenvalue weighted by Gasteiger charge is -2.20. The van der Waals surface area contributed by atoms with E-state index in [-0.39, 0.29) is 0 Å². The molecular weight excluding hydrogens is 400 g/mol. The average Bonchev–Trinajstić information content (AvgIpc) is 3.20. The minimum Gasteiger partial charge on any atom is -0.384 e. The number of hydrazone groups is 1. The SMILES string of the molecule is CC.CNCCNc1ccc2c(c1)Cn1cc(-c3ccc(C#N)cc3)cc1/C(=N/N)N2N. The number of hydrazine groups is 1. The van der Waals surface area contributed by atoms with Crippen LogP contribution in [0, 0.1) is 11.3 Å². The number of nitriles is 1. The first-order valence-corrected chi connectivity index (χ1v) is 10.7. The van der Waals surface area contributed by atoms with Crippen molar-refractivity contribution in [3.05, 3.63) is 71.5 Å². The Morgan fingerprint density at radius 1 is 1.06 bits per heavy atom. The summed E-state index contributed by atoms with van der Waals surface area (Å²) >= 11 is 0. The van der Waals surface area contributed by atoms with Crippen LogP contribution < -0.4 is 27.3 Å². The van der Waals surface area contributed by atoms with Gasteiger partial charge in [-0.25, -0.2) is 5.84 Å². The third-order valence-corrected chi connectivity index (χ3v) is 5.21. The van der Waals surface area contributed by atoms with Gasteiger partial charge in [0, 0.05) is 37.1 Å². The number of nitrogens with one attached hydrogen (secondary N) is 2. The van der Waals surface area contributed by atoms with E-state index in [0.29, 0.717) is 17.9 Å². The van der Waals surface area contributed by atoms with E-state index in [1.165, 1.54) is 5.01 Å². The van der Waals surface area contributed by atoms with Crippen molar-refractivity contribution in [3.63, 3.8) is 0 Å². The van der Waals surface area contributed by atoms with Gasteiger partial charge in [0.15, 0.2) is 5.84 Å². The second-order valence-electron chi connectivity index (χ2n) is 7.13. The molecular formula is C24H30N8. The Morgan fingerprint density at radius 3 is 2.47 bits per heavy atom. The zero-order valence-corrected chi connectivity index (χ0v) is 18.8. The van der Waals surface area contributed by atoms with E-state index in [2.05, 4.69) is 38.6 Å². The van der Waals surface area contributed by atoms with Crippen LogP contribution in [0.5, 0.6) is 0 Å². The van der Waals surface area contributed by atoms with Crippen LogP contribution in [0.2, 0.25) is 0 Å². The first-order chi connectivity index (χ1) is 15.6. The number of rotatable bonds is 5. The van der Waals surface area contributed by atoms with E-state index in [1.54, 1.807) is 0 Å². The van der Waals surface area contributed by atoms with Crippen molar-refractivity contribution in [1.82, 2.24) is 9.88 Å². The van der Waals surface area contributed by atoms with Crippen molar-refractivity contribution in [2.75, 3.05) is 30.5 Å². The van der Waals surface area contributed by atoms with E-state index in [4.69, 9.17) is 16.9 Å². The number of nitrogens with two attached hydrogens (primary N) is 2. The lowest BCUT2D eigenvalue weighted by Crippen LogP contribution is -2.39. The van der Waals surface area contributed by atoms with Crippen LogP contribution >= 0.6 is 0 Å². The zero-order valence-electron chi connectivity index (χ0n) is 18.8. The van der Waals surface area contributed by atoms with Gasteiger partial charge in [0.2, 0.25) is 0 Å². The van der Waals surface area contributed by atoms with Gasteiger partial charge in [0.05, 0.1) is 23.0 Å². The Balaban J connectivity index is 0.00000141. The van der Waals surface area contributed by atoms with Crippen molar-refractivity contribution < 1.29 is 0 Å². The molecule has 0 atom stereocenters. The maximum Gasteiger partial charge on any atom is 0.190 e. The summed E-state index contributed by atoms with van der Waals surface area (Å²) in [4.78, 5) is 0. The van der Waals surface area contributed by atoms with Gasteiger partial charge in [-0.3, -0.25) is 5.01 Å². The molecule has 32 heavy (non-hydrogen) atoms. The molecule has 8 heteroatoms. The second-order valence-corrected chi connectivity index (χ2v) is 7.13. The highest BCUT2D eigenvalue weighted by molar-refractivity contribution is 6.09. The number of hydrogen-bond donors (Lipinski definition) is 4. The molecule has 0 saturated heterocycles. The normalized spacial score (nSPS) is 13.3. The number of fused-ring (bicyclic) bond motifs is 2. The molecule has 0 unspecified atom stereocenters. The maximum absolute atomic E-state index is 9.03. The monoisotopic (exact) mass is 430 g/mol. The molecule has 0 saturated carbocycles. The third-order valence-electron chi connectivity index (χ3n) is 5.21. The number of amidine groups is 1. The fourth-order valence-corrected chi connectivity index (χ4v) is 3.66. The fourth-order valence-electron chi connectivity index (χ4n) is 3.66. The quantitative estimate of drug-likeness (QED) is 0.280.